The second-order valence-corrected chi connectivity index (χ2v) is 9.27. The van der Waals surface area contributed by atoms with Crippen molar-refractivity contribution >= 4 is 0 Å². The van der Waals surface area contributed by atoms with Gasteiger partial charge in [0.1, 0.15) is 0 Å². The van der Waals surface area contributed by atoms with E-state index in [0.29, 0.717) is 12.0 Å². The van der Waals surface area contributed by atoms with Crippen LogP contribution in [-0.2, 0) is 4.74 Å². The van der Waals surface area contributed by atoms with Crippen molar-refractivity contribution in [2.24, 2.45) is 23.7 Å². The van der Waals surface area contributed by atoms with Crippen LogP contribution in [0.4, 0.5) is 8.78 Å². The van der Waals surface area contributed by atoms with E-state index in [4.69, 9.17) is 4.74 Å². The second kappa shape index (κ2) is 8.59. The lowest BCUT2D eigenvalue weighted by Gasteiger charge is -2.45. The Morgan fingerprint density at radius 2 is 1.41 bits per heavy atom. The number of rotatable bonds is 4. The van der Waals surface area contributed by atoms with E-state index in [1.165, 1.54) is 63.5 Å². The minimum absolute atomic E-state index is 0.411. The van der Waals surface area contributed by atoms with Crippen LogP contribution in [0.3, 0.4) is 0 Å². The quantitative estimate of drug-likeness (QED) is 0.558. The number of benzene rings is 1. The first-order valence-corrected chi connectivity index (χ1v) is 11.2. The molecule has 4 atom stereocenters. The molecule has 3 aliphatic carbocycles. The van der Waals surface area contributed by atoms with Crippen LogP contribution in [0.5, 0.6) is 0 Å². The fourth-order valence-corrected chi connectivity index (χ4v) is 6.39. The maximum absolute atomic E-state index is 13.6. The zero-order valence-electron chi connectivity index (χ0n) is 16.6. The first-order chi connectivity index (χ1) is 13.1. The number of halogens is 2. The van der Waals surface area contributed by atoms with Crippen molar-refractivity contribution in [2.75, 3.05) is 6.61 Å². The van der Waals surface area contributed by atoms with E-state index in [1.807, 2.05) is 0 Å². The van der Waals surface area contributed by atoms with Crippen LogP contribution in [0, 0.1) is 35.3 Å². The fourth-order valence-electron chi connectivity index (χ4n) is 6.39. The first kappa shape index (κ1) is 19.4. The Morgan fingerprint density at radius 1 is 0.778 bits per heavy atom. The van der Waals surface area contributed by atoms with Crippen LogP contribution < -0.4 is 0 Å². The van der Waals surface area contributed by atoms with Gasteiger partial charge in [0, 0.05) is 6.61 Å². The van der Waals surface area contributed by atoms with Crippen LogP contribution >= 0.6 is 0 Å². The smallest absolute Gasteiger partial charge is 0.159 e. The Bertz CT molecular complexity index is 623. The summed E-state index contributed by atoms with van der Waals surface area (Å²) >= 11 is 0. The molecule has 0 N–H and O–H groups in total. The number of fused-ring (bicyclic) bond motifs is 1. The minimum atomic E-state index is -0.733. The molecule has 3 saturated carbocycles. The van der Waals surface area contributed by atoms with Gasteiger partial charge in [0.05, 0.1) is 6.10 Å². The van der Waals surface area contributed by atoms with E-state index in [1.54, 1.807) is 6.07 Å². The third kappa shape index (κ3) is 4.39. The third-order valence-corrected chi connectivity index (χ3v) is 7.86. The largest absolute Gasteiger partial charge is 0.378 e. The van der Waals surface area contributed by atoms with Gasteiger partial charge in [-0.05, 0) is 118 Å². The summed E-state index contributed by atoms with van der Waals surface area (Å²) in [5.74, 6) is 2.53. The molecular weight excluding hydrogens is 342 g/mol. The lowest BCUT2D eigenvalue weighted by molar-refractivity contribution is -0.0205. The standard InChI is InChI=1S/C24H34F2O/c1-2-27-22-11-9-19-13-18(7-8-20(19)14-22)16-3-5-17(6-4-16)21-10-12-23(25)24(26)15-21/h10,12,15-20,22H,2-9,11,13-14H2,1H3. The summed E-state index contributed by atoms with van der Waals surface area (Å²) in [5, 5.41) is 0. The molecule has 0 aromatic heterocycles. The summed E-state index contributed by atoms with van der Waals surface area (Å²) in [6.45, 7) is 2.96. The molecule has 3 aliphatic rings. The van der Waals surface area contributed by atoms with Crippen molar-refractivity contribution in [3.63, 3.8) is 0 Å². The highest BCUT2D eigenvalue weighted by molar-refractivity contribution is 5.22. The van der Waals surface area contributed by atoms with Gasteiger partial charge in [-0.2, -0.15) is 0 Å². The lowest BCUT2D eigenvalue weighted by atomic mass is 9.62. The van der Waals surface area contributed by atoms with Crippen molar-refractivity contribution in [2.45, 2.75) is 83.2 Å². The van der Waals surface area contributed by atoms with Gasteiger partial charge in [0.25, 0.3) is 0 Å². The highest BCUT2D eigenvalue weighted by atomic mass is 19.2. The highest BCUT2D eigenvalue weighted by Crippen LogP contribution is 2.49. The maximum Gasteiger partial charge on any atom is 0.159 e. The third-order valence-electron chi connectivity index (χ3n) is 7.86. The summed E-state index contributed by atoms with van der Waals surface area (Å²) in [6.07, 6.45) is 13.4. The first-order valence-electron chi connectivity index (χ1n) is 11.2. The minimum Gasteiger partial charge on any atom is -0.378 e. The van der Waals surface area contributed by atoms with E-state index in [-0.39, 0.29) is 0 Å². The molecule has 3 heteroatoms. The summed E-state index contributed by atoms with van der Waals surface area (Å²) in [4.78, 5) is 0. The molecule has 0 heterocycles. The van der Waals surface area contributed by atoms with Crippen molar-refractivity contribution in [1.29, 1.82) is 0 Å². The highest BCUT2D eigenvalue weighted by Gasteiger charge is 2.39. The molecule has 0 aliphatic heterocycles. The predicted octanol–water partition coefficient (Wildman–Crippen LogP) is 6.86. The Kier molecular flexibility index (Phi) is 6.16. The molecule has 27 heavy (non-hydrogen) atoms. The molecule has 4 rings (SSSR count). The zero-order valence-corrected chi connectivity index (χ0v) is 16.6. The van der Waals surface area contributed by atoms with Gasteiger partial charge in [-0.3, -0.25) is 0 Å². The topological polar surface area (TPSA) is 9.23 Å². The van der Waals surface area contributed by atoms with Crippen molar-refractivity contribution < 1.29 is 13.5 Å². The SMILES string of the molecule is CCOC1CCC2CC(C3CCC(c4ccc(F)c(F)c4)CC3)CCC2C1. The molecule has 1 aromatic carbocycles. The molecule has 0 radical (unpaired) electrons. The van der Waals surface area contributed by atoms with Gasteiger partial charge < -0.3 is 4.74 Å². The van der Waals surface area contributed by atoms with Gasteiger partial charge in [-0.25, -0.2) is 8.78 Å². The predicted molar refractivity (Wildman–Crippen MR) is 105 cm³/mol. The normalized spacial score (nSPS) is 37.0. The molecule has 1 nitrogen and oxygen atoms in total. The van der Waals surface area contributed by atoms with Gasteiger partial charge in [0.15, 0.2) is 11.6 Å². The number of hydrogen-bond donors (Lipinski definition) is 0. The summed E-state index contributed by atoms with van der Waals surface area (Å²) in [7, 11) is 0. The van der Waals surface area contributed by atoms with E-state index in [0.717, 1.165) is 48.7 Å². The van der Waals surface area contributed by atoms with E-state index < -0.39 is 11.6 Å². The molecule has 150 valence electrons. The van der Waals surface area contributed by atoms with Crippen molar-refractivity contribution in [3.05, 3.63) is 35.4 Å². The number of hydrogen-bond acceptors (Lipinski definition) is 1. The molecular formula is C24H34F2O. The number of ether oxygens (including phenoxy) is 1. The molecule has 3 fully saturated rings. The summed E-state index contributed by atoms with van der Waals surface area (Å²) in [6, 6.07) is 4.49. The zero-order chi connectivity index (χ0) is 18.8. The van der Waals surface area contributed by atoms with Crippen LogP contribution in [-0.4, -0.2) is 12.7 Å². The monoisotopic (exact) mass is 376 g/mol. The Balaban J connectivity index is 1.28. The van der Waals surface area contributed by atoms with E-state index >= 15 is 0 Å². The second-order valence-electron chi connectivity index (χ2n) is 9.27. The molecule has 0 bridgehead atoms. The van der Waals surface area contributed by atoms with Crippen LogP contribution in [0.1, 0.15) is 82.6 Å². The Labute approximate surface area is 162 Å². The summed E-state index contributed by atoms with van der Waals surface area (Å²) in [5.41, 5.74) is 0.991. The van der Waals surface area contributed by atoms with E-state index in [2.05, 4.69) is 6.92 Å². The van der Waals surface area contributed by atoms with Gasteiger partial charge in [-0.15, -0.1) is 0 Å². The average Bonchev–Trinajstić information content (AvgIpc) is 2.70. The van der Waals surface area contributed by atoms with Crippen molar-refractivity contribution in [1.82, 2.24) is 0 Å². The molecule has 4 unspecified atom stereocenters. The summed E-state index contributed by atoms with van der Waals surface area (Å²) < 4.78 is 32.6. The van der Waals surface area contributed by atoms with Gasteiger partial charge >= 0.3 is 0 Å². The average molecular weight is 377 g/mol. The van der Waals surface area contributed by atoms with Crippen molar-refractivity contribution in [3.8, 4) is 0 Å². The molecule has 0 spiro atoms. The van der Waals surface area contributed by atoms with Crippen LogP contribution in [0.2, 0.25) is 0 Å². The van der Waals surface area contributed by atoms with Gasteiger partial charge in [0.2, 0.25) is 0 Å². The van der Waals surface area contributed by atoms with Gasteiger partial charge in [-0.1, -0.05) is 6.07 Å². The van der Waals surface area contributed by atoms with E-state index in [9.17, 15) is 8.78 Å². The molecule has 0 amide bonds. The Hall–Kier alpha value is -0.960. The molecule has 1 aromatic rings. The maximum atomic E-state index is 13.6. The Morgan fingerprint density at radius 3 is 2.11 bits per heavy atom. The molecule has 0 saturated heterocycles. The lowest BCUT2D eigenvalue weighted by Crippen LogP contribution is -2.36. The fraction of sp³-hybridized carbons (Fsp3) is 0.750. The van der Waals surface area contributed by atoms with Crippen LogP contribution in [0.25, 0.3) is 0 Å². The van der Waals surface area contributed by atoms with Crippen LogP contribution in [0.15, 0.2) is 18.2 Å².